The molecule has 0 N–H and O–H groups in total. The van der Waals surface area contributed by atoms with Crippen molar-refractivity contribution in [1.82, 2.24) is 14.9 Å². The Kier molecular flexibility index (Phi) is 5.09. The molecule has 0 radical (unpaired) electrons. The number of urea groups is 1. The molecule has 30 heavy (non-hydrogen) atoms. The number of ether oxygens (including phenoxy) is 1. The Morgan fingerprint density at radius 3 is 2.70 bits per heavy atom. The fourth-order valence-electron chi connectivity index (χ4n) is 3.80. The van der Waals surface area contributed by atoms with E-state index in [4.69, 9.17) is 4.74 Å². The van der Waals surface area contributed by atoms with Gasteiger partial charge in [-0.15, -0.1) is 0 Å². The Balaban J connectivity index is 1.67. The lowest BCUT2D eigenvalue weighted by molar-refractivity contribution is 0.0576. The normalized spacial score (nSPS) is 18.4. The van der Waals surface area contributed by atoms with E-state index in [0.717, 1.165) is 16.8 Å². The maximum Gasteiger partial charge on any atom is 0.414 e. The van der Waals surface area contributed by atoms with Gasteiger partial charge in [0.2, 0.25) is 0 Å². The largest absolute Gasteiger partial charge is 0.443 e. The van der Waals surface area contributed by atoms with Crippen LogP contribution in [0.1, 0.15) is 37.9 Å². The van der Waals surface area contributed by atoms with Crippen molar-refractivity contribution < 1.29 is 14.3 Å². The van der Waals surface area contributed by atoms with Crippen LogP contribution in [0.3, 0.4) is 0 Å². The van der Waals surface area contributed by atoms with Gasteiger partial charge in [0.05, 0.1) is 24.8 Å². The van der Waals surface area contributed by atoms with Crippen molar-refractivity contribution in [2.75, 3.05) is 29.6 Å². The molecular formula is C21H25N5O3S. The number of amides is 3. The molecule has 1 unspecified atom stereocenters. The molecule has 3 amide bonds. The molecule has 1 aromatic carbocycles. The standard InChI is InChI=1S/C21H25N5O3S/c1-21(2,3)29-20(28)26-12-16(14-8-6-7-9-15(14)26)25-11-13-10-22-18(30-5)23-17(13)24(4)19(25)27/h6-10,16H,11-12H2,1-5H3. The first-order valence-electron chi connectivity index (χ1n) is 9.73. The zero-order valence-electron chi connectivity index (χ0n) is 17.7. The number of aromatic nitrogens is 2. The van der Waals surface area contributed by atoms with Crippen LogP contribution < -0.4 is 9.80 Å². The highest BCUT2D eigenvalue weighted by molar-refractivity contribution is 7.98. The second kappa shape index (κ2) is 7.46. The molecule has 158 valence electrons. The summed E-state index contributed by atoms with van der Waals surface area (Å²) < 4.78 is 5.59. The number of benzene rings is 1. The van der Waals surface area contributed by atoms with Crippen LogP contribution in [-0.4, -0.2) is 52.4 Å². The molecule has 2 aliphatic heterocycles. The summed E-state index contributed by atoms with van der Waals surface area (Å²) in [7, 11) is 1.72. The fourth-order valence-corrected chi connectivity index (χ4v) is 4.14. The van der Waals surface area contributed by atoms with E-state index in [0.29, 0.717) is 24.1 Å². The summed E-state index contributed by atoms with van der Waals surface area (Å²) in [5, 5.41) is 0.629. The van der Waals surface area contributed by atoms with E-state index in [-0.39, 0.29) is 12.1 Å². The summed E-state index contributed by atoms with van der Waals surface area (Å²) in [4.78, 5) is 39.9. The SMILES string of the molecule is CSc1ncc2c(n1)N(C)C(=O)N(C1CN(C(=O)OC(C)(C)C)c3ccccc31)C2. The molecule has 0 fully saturated rings. The van der Waals surface area contributed by atoms with E-state index in [1.807, 2.05) is 51.3 Å². The van der Waals surface area contributed by atoms with Crippen molar-refractivity contribution >= 4 is 35.4 Å². The number of carbonyl (C=O) groups excluding carboxylic acids is 2. The van der Waals surface area contributed by atoms with Crippen molar-refractivity contribution in [3.8, 4) is 0 Å². The summed E-state index contributed by atoms with van der Waals surface area (Å²) in [6, 6.07) is 7.22. The van der Waals surface area contributed by atoms with Gasteiger partial charge in [0.25, 0.3) is 0 Å². The van der Waals surface area contributed by atoms with E-state index < -0.39 is 11.7 Å². The van der Waals surface area contributed by atoms with Crippen molar-refractivity contribution in [2.24, 2.45) is 0 Å². The van der Waals surface area contributed by atoms with Crippen LogP contribution >= 0.6 is 11.8 Å². The van der Waals surface area contributed by atoms with Gasteiger partial charge in [0.15, 0.2) is 5.16 Å². The van der Waals surface area contributed by atoms with Crippen molar-refractivity contribution in [3.63, 3.8) is 0 Å². The molecule has 0 bridgehead atoms. The molecule has 0 aliphatic carbocycles. The number of carbonyl (C=O) groups is 2. The van der Waals surface area contributed by atoms with Crippen LogP contribution in [0.4, 0.5) is 21.1 Å². The highest BCUT2D eigenvalue weighted by atomic mass is 32.2. The van der Waals surface area contributed by atoms with Crippen LogP contribution in [0.5, 0.6) is 0 Å². The van der Waals surface area contributed by atoms with Crippen molar-refractivity contribution in [3.05, 3.63) is 41.6 Å². The van der Waals surface area contributed by atoms with E-state index in [1.54, 1.807) is 27.9 Å². The third-order valence-corrected chi connectivity index (χ3v) is 5.69. The Hall–Kier alpha value is -2.81. The van der Waals surface area contributed by atoms with E-state index in [9.17, 15) is 9.59 Å². The maximum absolute atomic E-state index is 13.2. The van der Waals surface area contributed by atoms with E-state index >= 15 is 0 Å². The van der Waals surface area contributed by atoms with Crippen LogP contribution in [0.25, 0.3) is 0 Å². The van der Waals surface area contributed by atoms with Crippen molar-refractivity contribution in [1.29, 1.82) is 0 Å². The minimum absolute atomic E-state index is 0.154. The molecule has 0 spiro atoms. The summed E-state index contributed by atoms with van der Waals surface area (Å²) >= 11 is 1.44. The molecule has 2 aliphatic rings. The zero-order chi connectivity index (χ0) is 21.6. The Morgan fingerprint density at radius 1 is 1.27 bits per heavy atom. The second-order valence-electron chi connectivity index (χ2n) is 8.34. The number of para-hydroxylation sites is 1. The lowest BCUT2D eigenvalue weighted by Gasteiger charge is -2.37. The van der Waals surface area contributed by atoms with Gasteiger partial charge in [0.1, 0.15) is 11.4 Å². The monoisotopic (exact) mass is 427 g/mol. The molecule has 8 nitrogen and oxygen atoms in total. The number of anilines is 2. The number of thioether (sulfide) groups is 1. The molecule has 2 aromatic rings. The molecular weight excluding hydrogens is 402 g/mol. The van der Waals surface area contributed by atoms with Crippen LogP contribution in [-0.2, 0) is 11.3 Å². The number of fused-ring (bicyclic) bond motifs is 2. The van der Waals surface area contributed by atoms with Crippen LogP contribution in [0.15, 0.2) is 35.6 Å². The predicted molar refractivity (Wildman–Crippen MR) is 116 cm³/mol. The summed E-state index contributed by atoms with van der Waals surface area (Å²) in [6.07, 6.45) is 3.26. The minimum atomic E-state index is -0.601. The van der Waals surface area contributed by atoms with E-state index in [2.05, 4.69) is 9.97 Å². The molecule has 3 heterocycles. The first-order valence-corrected chi connectivity index (χ1v) is 11.0. The lowest BCUT2D eigenvalue weighted by Crippen LogP contribution is -2.48. The molecule has 4 rings (SSSR count). The van der Waals surface area contributed by atoms with Crippen LogP contribution in [0.2, 0.25) is 0 Å². The predicted octanol–water partition coefficient (Wildman–Crippen LogP) is 4.07. The smallest absolute Gasteiger partial charge is 0.414 e. The lowest BCUT2D eigenvalue weighted by atomic mass is 10.1. The first-order chi connectivity index (χ1) is 14.2. The Labute approximate surface area is 180 Å². The number of hydrogen-bond acceptors (Lipinski definition) is 6. The highest BCUT2D eigenvalue weighted by Crippen LogP contribution is 2.41. The van der Waals surface area contributed by atoms with Gasteiger partial charge in [-0.2, -0.15) is 0 Å². The summed E-state index contributed by atoms with van der Waals surface area (Å²) in [6.45, 7) is 6.25. The zero-order valence-corrected chi connectivity index (χ0v) is 18.6. The topological polar surface area (TPSA) is 78.9 Å². The highest BCUT2D eigenvalue weighted by Gasteiger charge is 2.42. The quantitative estimate of drug-likeness (QED) is 0.531. The van der Waals surface area contributed by atoms with Gasteiger partial charge in [-0.3, -0.25) is 9.80 Å². The molecule has 1 atom stereocenters. The molecule has 0 saturated carbocycles. The number of rotatable bonds is 2. The summed E-state index contributed by atoms with van der Waals surface area (Å²) in [5.74, 6) is 0.630. The maximum atomic E-state index is 13.2. The molecule has 0 saturated heterocycles. The van der Waals surface area contributed by atoms with Gasteiger partial charge >= 0.3 is 12.1 Å². The Bertz CT molecular complexity index is 1010. The molecule has 1 aromatic heterocycles. The molecule has 9 heteroatoms. The number of nitrogens with zero attached hydrogens (tertiary/aromatic N) is 5. The van der Waals surface area contributed by atoms with Crippen LogP contribution in [0, 0.1) is 0 Å². The van der Waals surface area contributed by atoms with Gasteiger partial charge < -0.3 is 9.64 Å². The minimum Gasteiger partial charge on any atom is -0.443 e. The van der Waals surface area contributed by atoms with Gasteiger partial charge in [-0.1, -0.05) is 30.0 Å². The average Bonchev–Trinajstić information content (AvgIpc) is 3.09. The average molecular weight is 428 g/mol. The second-order valence-corrected chi connectivity index (χ2v) is 9.11. The van der Waals surface area contributed by atoms with Gasteiger partial charge in [-0.05, 0) is 33.1 Å². The third-order valence-electron chi connectivity index (χ3n) is 5.13. The Morgan fingerprint density at radius 2 is 2.00 bits per heavy atom. The van der Waals surface area contributed by atoms with Gasteiger partial charge in [0, 0.05) is 24.4 Å². The summed E-state index contributed by atoms with van der Waals surface area (Å²) in [5.41, 5.74) is 1.97. The fraction of sp³-hybridized carbons (Fsp3) is 0.429. The van der Waals surface area contributed by atoms with Crippen molar-refractivity contribution in [2.45, 2.75) is 44.1 Å². The third kappa shape index (κ3) is 3.58. The number of hydrogen-bond donors (Lipinski definition) is 0. The first kappa shape index (κ1) is 20.5. The van der Waals surface area contributed by atoms with Gasteiger partial charge in [-0.25, -0.2) is 19.6 Å². The van der Waals surface area contributed by atoms with E-state index in [1.165, 1.54) is 11.8 Å².